The molecule has 0 aliphatic carbocycles. The molecule has 0 bridgehead atoms. The van der Waals surface area contributed by atoms with E-state index in [0.717, 1.165) is 16.6 Å². The number of aromatic nitrogens is 3. The smallest absolute Gasteiger partial charge is 0.354 e. The minimum Gasteiger partial charge on any atom is -0.481 e. The van der Waals surface area contributed by atoms with Crippen LogP contribution in [0.3, 0.4) is 0 Å². The Balaban J connectivity index is 1.77. The van der Waals surface area contributed by atoms with Gasteiger partial charge in [0.25, 0.3) is 0 Å². The third kappa shape index (κ3) is 5.23. The SMILES string of the molecule is Cc1cc2cn(-c3ccc([C@H](CC(=O)O)NCCCN=C(N)N)cc3)c(=O)nc2[nH]1. The Bertz CT molecular complexity index is 1110. The van der Waals surface area contributed by atoms with E-state index in [4.69, 9.17) is 11.5 Å². The zero-order valence-corrected chi connectivity index (χ0v) is 16.6. The number of fused-ring (bicyclic) bond motifs is 1. The second-order valence-electron chi connectivity index (χ2n) is 7.01. The van der Waals surface area contributed by atoms with Gasteiger partial charge in [0, 0.05) is 29.9 Å². The minimum atomic E-state index is -0.908. The van der Waals surface area contributed by atoms with E-state index in [1.165, 1.54) is 4.57 Å². The maximum atomic E-state index is 12.4. The zero-order chi connectivity index (χ0) is 21.7. The molecular weight excluding hydrogens is 386 g/mol. The summed E-state index contributed by atoms with van der Waals surface area (Å²) in [6.45, 7) is 2.92. The number of carboxylic acids is 1. The van der Waals surface area contributed by atoms with E-state index in [9.17, 15) is 14.7 Å². The van der Waals surface area contributed by atoms with Crippen molar-refractivity contribution in [2.75, 3.05) is 13.1 Å². The predicted molar refractivity (Wildman–Crippen MR) is 115 cm³/mol. The molecule has 0 aliphatic heterocycles. The van der Waals surface area contributed by atoms with Crippen molar-refractivity contribution < 1.29 is 9.90 Å². The molecule has 3 aromatic rings. The first-order valence-electron chi connectivity index (χ1n) is 9.53. The number of aliphatic carboxylic acids is 1. The van der Waals surface area contributed by atoms with E-state index in [1.54, 1.807) is 18.3 Å². The number of nitrogens with two attached hydrogens (primary N) is 2. The van der Waals surface area contributed by atoms with Gasteiger partial charge in [-0.3, -0.25) is 14.4 Å². The largest absolute Gasteiger partial charge is 0.481 e. The first-order valence-corrected chi connectivity index (χ1v) is 9.53. The van der Waals surface area contributed by atoms with Gasteiger partial charge in [-0.1, -0.05) is 12.1 Å². The van der Waals surface area contributed by atoms with Crippen LogP contribution in [0, 0.1) is 6.92 Å². The highest BCUT2D eigenvalue weighted by Gasteiger charge is 2.15. The molecule has 7 N–H and O–H groups in total. The summed E-state index contributed by atoms with van der Waals surface area (Å²) in [5.74, 6) is -0.875. The first kappa shape index (κ1) is 21.1. The van der Waals surface area contributed by atoms with Gasteiger partial charge in [0.2, 0.25) is 0 Å². The molecule has 0 radical (unpaired) electrons. The van der Waals surface area contributed by atoms with Crippen molar-refractivity contribution in [1.82, 2.24) is 19.9 Å². The van der Waals surface area contributed by atoms with Gasteiger partial charge in [-0.25, -0.2) is 4.79 Å². The van der Waals surface area contributed by atoms with E-state index in [-0.39, 0.29) is 18.4 Å². The summed E-state index contributed by atoms with van der Waals surface area (Å²) >= 11 is 0. The minimum absolute atomic E-state index is 0.0328. The molecule has 1 atom stereocenters. The molecule has 2 aromatic heterocycles. The third-order valence-electron chi connectivity index (χ3n) is 4.62. The average Bonchev–Trinajstić information content (AvgIpc) is 3.04. The van der Waals surface area contributed by atoms with Crippen LogP contribution in [0.2, 0.25) is 0 Å². The van der Waals surface area contributed by atoms with Crippen molar-refractivity contribution in [2.45, 2.75) is 25.8 Å². The number of aryl methyl sites for hydroxylation is 1. The summed E-state index contributed by atoms with van der Waals surface area (Å²) in [5, 5.41) is 13.3. The van der Waals surface area contributed by atoms with Gasteiger partial charge < -0.3 is 26.9 Å². The van der Waals surface area contributed by atoms with E-state index < -0.39 is 11.7 Å². The van der Waals surface area contributed by atoms with Crippen molar-refractivity contribution >= 4 is 23.0 Å². The van der Waals surface area contributed by atoms with Crippen LogP contribution in [-0.2, 0) is 4.79 Å². The second kappa shape index (κ2) is 9.23. The number of benzene rings is 1. The third-order valence-corrected chi connectivity index (χ3v) is 4.62. The molecule has 10 heteroatoms. The lowest BCUT2D eigenvalue weighted by atomic mass is 10.0. The van der Waals surface area contributed by atoms with Crippen LogP contribution in [0.1, 0.15) is 30.1 Å². The number of guanidine groups is 1. The normalized spacial score (nSPS) is 12.0. The highest BCUT2D eigenvalue weighted by atomic mass is 16.4. The fourth-order valence-electron chi connectivity index (χ4n) is 3.23. The van der Waals surface area contributed by atoms with Crippen molar-refractivity contribution in [3.63, 3.8) is 0 Å². The van der Waals surface area contributed by atoms with Crippen molar-refractivity contribution in [1.29, 1.82) is 0 Å². The summed E-state index contributed by atoms with van der Waals surface area (Å²) in [6, 6.07) is 8.72. The molecule has 30 heavy (non-hydrogen) atoms. The van der Waals surface area contributed by atoms with Crippen LogP contribution in [0.4, 0.5) is 0 Å². The molecule has 2 heterocycles. The molecule has 0 amide bonds. The Labute approximate surface area is 172 Å². The predicted octanol–water partition coefficient (Wildman–Crippen LogP) is 0.791. The quantitative estimate of drug-likeness (QED) is 0.197. The van der Waals surface area contributed by atoms with Gasteiger partial charge in [-0.2, -0.15) is 4.98 Å². The molecule has 0 spiro atoms. The number of H-pyrrole nitrogens is 1. The highest BCUT2D eigenvalue weighted by Crippen LogP contribution is 2.20. The highest BCUT2D eigenvalue weighted by molar-refractivity contribution is 5.76. The Hall–Kier alpha value is -3.66. The van der Waals surface area contributed by atoms with Crippen LogP contribution in [0.5, 0.6) is 0 Å². The summed E-state index contributed by atoms with van der Waals surface area (Å²) in [4.78, 5) is 34.7. The van der Waals surface area contributed by atoms with E-state index >= 15 is 0 Å². The number of nitrogens with zero attached hydrogens (tertiary/aromatic N) is 3. The lowest BCUT2D eigenvalue weighted by Gasteiger charge is -2.18. The molecule has 0 unspecified atom stereocenters. The lowest BCUT2D eigenvalue weighted by molar-refractivity contribution is -0.137. The molecule has 3 rings (SSSR count). The zero-order valence-electron chi connectivity index (χ0n) is 16.6. The molecule has 1 aromatic carbocycles. The van der Waals surface area contributed by atoms with Gasteiger partial charge in [-0.15, -0.1) is 0 Å². The summed E-state index contributed by atoms with van der Waals surface area (Å²) < 4.78 is 1.47. The molecule has 0 fully saturated rings. The number of hydrogen-bond acceptors (Lipinski definition) is 5. The summed E-state index contributed by atoms with van der Waals surface area (Å²) in [7, 11) is 0. The Morgan fingerprint density at radius 2 is 2.07 bits per heavy atom. The molecular formula is C20H25N7O3. The van der Waals surface area contributed by atoms with Crippen LogP contribution in [0.25, 0.3) is 16.7 Å². The summed E-state index contributed by atoms with van der Waals surface area (Å²) in [5.41, 5.74) is 13.1. The number of rotatable bonds is 9. The standard InChI is InChI=1S/C20H25N7O3/c1-12-9-14-11-27(20(30)26-18(14)25-12)15-5-3-13(4-6-15)16(10-17(28)29)23-7-2-8-24-19(21)22/h3-6,9,11,16,23H,2,7-8,10H2,1H3,(H,28,29)(H4,21,22,24)(H,25,26,30)/t16-/m0/s1. The monoisotopic (exact) mass is 411 g/mol. The van der Waals surface area contributed by atoms with Crippen molar-refractivity contribution in [3.8, 4) is 5.69 Å². The van der Waals surface area contributed by atoms with E-state index in [0.29, 0.717) is 30.8 Å². The first-order chi connectivity index (χ1) is 14.3. The van der Waals surface area contributed by atoms with E-state index in [1.807, 2.05) is 25.1 Å². The number of carbonyl (C=O) groups is 1. The fraction of sp³-hybridized carbons (Fsp3) is 0.300. The van der Waals surface area contributed by atoms with Gasteiger partial charge in [0.05, 0.1) is 12.1 Å². The topological polar surface area (TPSA) is 164 Å². The Kier molecular flexibility index (Phi) is 6.48. The van der Waals surface area contributed by atoms with Gasteiger partial charge in [-0.05, 0) is 43.7 Å². The second-order valence-corrected chi connectivity index (χ2v) is 7.01. The number of carboxylic acid groups (broad SMARTS) is 1. The lowest BCUT2D eigenvalue weighted by Crippen LogP contribution is -2.26. The van der Waals surface area contributed by atoms with Crippen LogP contribution in [-0.4, -0.2) is 44.7 Å². The molecule has 158 valence electrons. The van der Waals surface area contributed by atoms with Crippen LogP contribution in [0.15, 0.2) is 46.3 Å². The van der Waals surface area contributed by atoms with Crippen LogP contribution < -0.4 is 22.5 Å². The average molecular weight is 411 g/mol. The van der Waals surface area contributed by atoms with Crippen molar-refractivity contribution in [3.05, 3.63) is 58.3 Å². The van der Waals surface area contributed by atoms with Gasteiger partial charge in [0.1, 0.15) is 5.65 Å². The molecule has 10 nitrogen and oxygen atoms in total. The maximum Gasteiger partial charge on any atom is 0.354 e. The van der Waals surface area contributed by atoms with Crippen LogP contribution >= 0.6 is 0 Å². The number of hydrogen-bond donors (Lipinski definition) is 5. The van der Waals surface area contributed by atoms with E-state index in [2.05, 4.69) is 20.3 Å². The molecule has 0 aliphatic rings. The fourth-order valence-corrected chi connectivity index (χ4v) is 3.23. The molecule has 0 saturated carbocycles. The Morgan fingerprint density at radius 1 is 1.33 bits per heavy atom. The number of aromatic amines is 1. The van der Waals surface area contributed by atoms with Crippen molar-refractivity contribution in [2.24, 2.45) is 16.5 Å². The van der Waals surface area contributed by atoms with Gasteiger partial charge >= 0.3 is 11.7 Å². The maximum absolute atomic E-state index is 12.4. The summed E-state index contributed by atoms with van der Waals surface area (Å²) in [6.07, 6.45) is 2.33. The number of aliphatic imine (C=N–C) groups is 1. The number of nitrogens with one attached hydrogen (secondary N) is 2. The molecule has 0 saturated heterocycles. The van der Waals surface area contributed by atoms with Gasteiger partial charge in [0.15, 0.2) is 5.96 Å². The Morgan fingerprint density at radius 3 is 2.73 bits per heavy atom.